The van der Waals surface area contributed by atoms with Gasteiger partial charge in [-0.25, -0.2) is 0 Å². The van der Waals surface area contributed by atoms with Crippen LogP contribution in [0, 0.1) is 0 Å². The van der Waals surface area contributed by atoms with Crippen molar-refractivity contribution in [1.82, 2.24) is 5.32 Å². The number of ether oxygens (including phenoxy) is 2. The van der Waals surface area contributed by atoms with Crippen molar-refractivity contribution in [3.05, 3.63) is 0 Å². The van der Waals surface area contributed by atoms with Crippen LogP contribution in [-0.4, -0.2) is 31.6 Å². The van der Waals surface area contributed by atoms with Crippen molar-refractivity contribution in [2.75, 3.05) is 19.8 Å². The highest BCUT2D eigenvalue weighted by Gasteiger charge is 2.18. The fraction of sp³-hybridized carbons (Fsp3) is 1.00. The van der Waals surface area contributed by atoms with Gasteiger partial charge in [0, 0.05) is 31.7 Å². The minimum absolute atomic E-state index is 0.0551. The lowest BCUT2D eigenvalue weighted by Gasteiger charge is -2.29. The van der Waals surface area contributed by atoms with Crippen molar-refractivity contribution in [3.8, 4) is 0 Å². The summed E-state index contributed by atoms with van der Waals surface area (Å²) in [5.41, 5.74) is 0.253. The third kappa shape index (κ3) is 6.46. The Morgan fingerprint density at radius 2 is 1.50 bits per heavy atom. The standard InChI is InChI=1S/C13H29NO2/c1-6-13(5,7-2)14-11-10-12(15-8-3)16-9-4/h12,14H,6-11H2,1-5H3. The van der Waals surface area contributed by atoms with Gasteiger partial charge in [0.2, 0.25) is 0 Å². The zero-order chi connectivity index (χ0) is 12.4. The van der Waals surface area contributed by atoms with Gasteiger partial charge in [-0.05, 0) is 33.6 Å². The van der Waals surface area contributed by atoms with Gasteiger partial charge in [-0.1, -0.05) is 13.8 Å². The number of hydrogen-bond donors (Lipinski definition) is 1. The molecule has 0 unspecified atom stereocenters. The molecule has 3 nitrogen and oxygen atoms in total. The quantitative estimate of drug-likeness (QED) is 0.586. The Labute approximate surface area is 101 Å². The van der Waals surface area contributed by atoms with Crippen LogP contribution in [0.25, 0.3) is 0 Å². The van der Waals surface area contributed by atoms with E-state index in [0.717, 1.165) is 25.8 Å². The molecular weight excluding hydrogens is 202 g/mol. The summed E-state index contributed by atoms with van der Waals surface area (Å²) in [6.45, 7) is 13.1. The Bertz CT molecular complexity index is 152. The van der Waals surface area contributed by atoms with E-state index in [1.165, 1.54) is 0 Å². The molecule has 0 saturated carbocycles. The van der Waals surface area contributed by atoms with Crippen LogP contribution < -0.4 is 5.32 Å². The van der Waals surface area contributed by atoms with Crippen molar-refractivity contribution in [3.63, 3.8) is 0 Å². The average Bonchev–Trinajstić information content (AvgIpc) is 2.29. The molecular formula is C13H29NO2. The first-order valence-electron chi connectivity index (χ1n) is 6.60. The second-order valence-corrected chi connectivity index (χ2v) is 4.32. The summed E-state index contributed by atoms with van der Waals surface area (Å²) in [4.78, 5) is 0. The van der Waals surface area contributed by atoms with Crippen LogP contribution >= 0.6 is 0 Å². The molecule has 0 rings (SSSR count). The van der Waals surface area contributed by atoms with Crippen LogP contribution in [0.1, 0.15) is 53.9 Å². The predicted molar refractivity (Wildman–Crippen MR) is 68.6 cm³/mol. The second kappa shape index (κ2) is 8.97. The number of nitrogens with one attached hydrogen (secondary N) is 1. The summed E-state index contributed by atoms with van der Waals surface area (Å²) in [5, 5.41) is 3.58. The third-order valence-corrected chi connectivity index (χ3v) is 3.20. The molecule has 16 heavy (non-hydrogen) atoms. The molecule has 0 fully saturated rings. The fourth-order valence-electron chi connectivity index (χ4n) is 1.58. The zero-order valence-corrected chi connectivity index (χ0v) is 11.6. The van der Waals surface area contributed by atoms with E-state index in [4.69, 9.17) is 9.47 Å². The van der Waals surface area contributed by atoms with Crippen LogP contribution in [0.4, 0.5) is 0 Å². The average molecular weight is 231 g/mol. The van der Waals surface area contributed by atoms with Gasteiger partial charge < -0.3 is 14.8 Å². The van der Waals surface area contributed by atoms with E-state index in [9.17, 15) is 0 Å². The molecule has 0 aliphatic carbocycles. The smallest absolute Gasteiger partial charge is 0.158 e. The van der Waals surface area contributed by atoms with Gasteiger partial charge in [0.25, 0.3) is 0 Å². The van der Waals surface area contributed by atoms with Gasteiger partial charge in [-0.2, -0.15) is 0 Å². The Balaban J connectivity index is 3.83. The first-order chi connectivity index (χ1) is 7.61. The van der Waals surface area contributed by atoms with Crippen LogP contribution in [0.2, 0.25) is 0 Å². The maximum Gasteiger partial charge on any atom is 0.158 e. The van der Waals surface area contributed by atoms with E-state index in [1.54, 1.807) is 0 Å². The van der Waals surface area contributed by atoms with E-state index in [0.29, 0.717) is 13.2 Å². The summed E-state index contributed by atoms with van der Waals surface area (Å²) in [6.07, 6.45) is 3.16. The summed E-state index contributed by atoms with van der Waals surface area (Å²) >= 11 is 0. The van der Waals surface area contributed by atoms with E-state index in [-0.39, 0.29) is 11.8 Å². The molecule has 0 aliphatic rings. The van der Waals surface area contributed by atoms with Crippen LogP contribution in [0.5, 0.6) is 0 Å². The summed E-state index contributed by atoms with van der Waals surface area (Å²) in [6, 6.07) is 0. The van der Waals surface area contributed by atoms with Gasteiger partial charge in [0.05, 0.1) is 0 Å². The summed E-state index contributed by atoms with van der Waals surface area (Å²) in [7, 11) is 0. The summed E-state index contributed by atoms with van der Waals surface area (Å²) in [5.74, 6) is 0. The van der Waals surface area contributed by atoms with Gasteiger partial charge in [-0.3, -0.25) is 0 Å². The molecule has 0 aromatic carbocycles. The van der Waals surface area contributed by atoms with Crippen molar-refractivity contribution in [2.45, 2.75) is 65.7 Å². The molecule has 0 aromatic rings. The van der Waals surface area contributed by atoms with Crippen LogP contribution in [0.15, 0.2) is 0 Å². The molecule has 3 heteroatoms. The topological polar surface area (TPSA) is 30.5 Å². The van der Waals surface area contributed by atoms with Gasteiger partial charge in [-0.15, -0.1) is 0 Å². The predicted octanol–water partition coefficient (Wildman–Crippen LogP) is 2.94. The molecule has 0 aliphatic heterocycles. The van der Waals surface area contributed by atoms with E-state index >= 15 is 0 Å². The molecule has 0 atom stereocenters. The monoisotopic (exact) mass is 231 g/mol. The van der Waals surface area contributed by atoms with Crippen molar-refractivity contribution < 1.29 is 9.47 Å². The maximum atomic E-state index is 5.50. The van der Waals surface area contributed by atoms with Crippen LogP contribution in [0.3, 0.4) is 0 Å². The van der Waals surface area contributed by atoms with Crippen molar-refractivity contribution >= 4 is 0 Å². The first-order valence-corrected chi connectivity index (χ1v) is 6.60. The minimum atomic E-state index is -0.0551. The van der Waals surface area contributed by atoms with Crippen LogP contribution in [-0.2, 0) is 9.47 Å². The lowest BCUT2D eigenvalue weighted by atomic mass is 9.95. The SMILES string of the molecule is CCOC(CCNC(C)(CC)CC)OCC. The molecule has 0 heterocycles. The fourth-order valence-corrected chi connectivity index (χ4v) is 1.58. The third-order valence-electron chi connectivity index (χ3n) is 3.20. The zero-order valence-electron chi connectivity index (χ0n) is 11.6. The summed E-state index contributed by atoms with van der Waals surface area (Å²) < 4.78 is 11.0. The molecule has 0 amide bonds. The van der Waals surface area contributed by atoms with Gasteiger partial charge >= 0.3 is 0 Å². The molecule has 0 aromatic heterocycles. The molecule has 0 radical (unpaired) electrons. The lowest BCUT2D eigenvalue weighted by Crippen LogP contribution is -2.42. The highest BCUT2D eigenvalue weighted by atomic mass is 16.7. The number of hydrogen-bond acceptors (Lipinski definition) is 3. The highest BCUT2D eigenvalue weighted by molar-refractivity contribution is 4.79. The molecule has 98 valence electrons. The van der Waals surface area contributed by atoms with Gasteiger partial charge in [0.15, 0.2) is 6.29 Å². The molecule has 0 saturated heterocycles. The first kappa shape index (κ1) is 15.9. The minimum Gasteiger partial charge on any atom is -0.353 e. The second-order valence-electron chi connectivity index (χ2n) is 4.32. The normalized spacial score (nSPS) is 12.4. The largest absolute Gasteiger partial charge is 0.353 e. The van der Waals surface area contributed by atoms with E-state index < -0.39 is 0 Å². The Kier molecular flexibility index (Phi) is 8.90. The Hall–Kier alpha value is -0.120. The Morgan fingerprint density at radius 3 is 1.88 bits per heavy atom. The van der Waals surface area contributed by atoms with E-state index in [2.05, 4.69) is 26.1 Å². The van der Waals surface area contributed by atoms with Crippen molar-refractivity contribution in [2.24, 2.45) is 0 Å². The Morgan fingerprint density at radius 1 is 1.00 bits per heavy atom. The van der Waals surface area contributed by atoms with Crippen molar-refractivity contribution in [1.29, 1.82) is 0 Å². The molecule has 0 spiro atoms. The molecule has 1 N–H and O–H groups in total. The van der Waals surface area contributed by atoms with Gasteiger partial charge in [0.1, 0.15) is 0 Å². The lowest BCUT2D eigenvalue weighted by molar-refractivity contribution is -0.139. The number of rotatable bonds is 10. The highest BCUT2D eigenvalue weighted by Crippen LogP contribution is 2.13. The molecule has 0 bridgehead atoms. The van der Waals surface area contributed by atoms with E-state index in [1.807, 2.05) is 13.8 Å². The maximum absolute atomic E-state index is 5.50.